The lowest BCUT2D eigenvalue weighted by Crippen LogP contribution is -2.72. The van der Waals surface area contributed by atoms with Crippen LogP contribution < -0.4 is 9.64 Å². The average molecular weight is 449 g/mol. The summed E-state index contributed by atoms with van der Waals surface area (Å²) in [6.45, 7) is 0.160. The third-order valence-electron chi connectivity index (χ3n) is 6.29. The number of nitrogens with zero attached hydrogens (tertiary/aromatic N) is 2. The number of β-lactam (4-membered cyclic amide) rings is 1. The van der Waals surface area contributed by atoms with Crippen molar-refractivity contribution in [1.82, 2.24) is 4.90 Å². The van der Waals surface area contributed by atoms with E-state index in [1.165, 1.54) is 4.90 Å². The molecular formula is C25H21ClN2O4. The minimum absolute atomic E-state index is 0.146. The summed E-state index contributed by atoms with van der Waals surface area (Å²) in [6.07, 6.45) is -1.31. The standard InChI is InChI=1S/C25H21ClN2O4/c1-32-19-10-7-16(8-11-19)14-27-21-12-9-18(26)13-20(21)25(17-5-3-2-4-6-17)23(30)24(31)28(25)15-22(27)29/h2-13,23,30H,14-15H2,1H3/t23-,25+/m1/s1. The second kappa shape index (κ2) is 7.65. The minimum Gasteiger partial charge on any atom is -0.497 e. The van der Waals surface area contributed by atoms with Crippen LogP contribution in [0.4, 0.5) is 5.69 Å². The molecule has 5 rings (SSSR count). The predicted molar refractivity (Wildman–Crippen MR) is 121 cm³/mol. The highest BCUT2D eigenvalue weighted by molar-refractivity contribution is 6.30. The van der Waals surface area contributed by atoms with Gasteiger partial charge in [-0.25, -0.2) is 0 Å². The third-order valence-corrected chi connectivity index (χ3v) is 6.52. The first kappa shape index (κ1) is 20.5. The third kappa shape index (κ3) is 2.91. The van der Waals surface area contributed by atoms with Gasteiger partial charge in [0.1, 0.15) is 17.8 Å². The van der Waals surface area contributed by atoms with Gasteiger partial charge in [-0.2, -0.15) is 0 Å². The van der Waals surface area contributed by atoms with Crippen LogP contribution in [0, 0.1) is 0 Å². The molecule has 0 spiro atoms. The van der Waals surface area contributed by atoms with Crippen molar-refractivity contribution in [2.45, 2.75) is 18.2 Å². The van der Waals surface area contributed by atoms with E-state index in [0.29, 0.717) is 22.8 Å². The molecule has 2 amide bonds. The molecule has 6 nitrogen and oxygen atoms in total. The maximum atomic E-state index is 13.4. The maximum Gasteiger partial charge on any atom is 0.256 e. The molecule has 32 heavy (non-hydrogen) atoms. The van der Waals surface area contributed by atoms with Gasteiger partial charge in [-0.05, 0) is 41.5 Å². The topological polar surface area (TPSA) is 70.1 Å². The number of amides is 2. The number of benzene rings is 3. The number of carbonyl (C=O) groups excluding carboxylic acids is 2. The van der Waals surface area contributed by atoms with Gasteiger partial charge in [-0.1, -0.05) is 54.1 Å². The summed E-state index contributed by atoms with van der Waals surface area (Å²) < 4.78 is 5.22. The molecule has 1 N–H and O–H groups in total. The van der Waals surface area contributed by atoms with Gasteiger partial charge in [-0.3, -0.25) is 9.59 Å². The van der Waals surface area contributed by atoms with Crippen LogP contribution in [0.2, 0.25) is 5.02 Å². The lowest BCUT2D eigenvalue weighted by atomic mass is 9.69. The van der Waals surface area contributed by atoms with Crippen LogP contribution in [0.1, 0.15) is 16.7 Å². The smallest absolute Gasteiger partial charge is 0.256 e. The monoisotopic (exact) mass is 448 g/mol. The van der Waals surface area contributed by atoms with E-state index in [2.05, 4.69) is 0 Å². The van der Waals surface area contributed by atoms with Crippen LogP contribution in [0.3, 0.4) is 0 Å². The molecule has 1 saturated heterocycles. The zero-order valence-electron chi connectivity index (χ0n) is 17.4. The van der Waals surface area contributed by atoms with Crippen molar-refractivity contribution >= 4 is 29.1 Å². The summed E-state index contributed by atoms with van der Waals surface area (Å²) in [6, 6.07) is 22.0. The van der Waals surface area contributed by atoms with E-state index in [9.17, 15) is 14.7 Å². The Morgan fingerprint density at radius 2 is 1.78 bits per heavy atom. The molecule has 0 bridgehead atoms. The number of hydrogen-bond donors (Lipinski definition) is 1. The number of anilines is 1. The first-order chi connectivity index (χ1) is 15.5. The second-order valence-electron chi connectivity index (χ2n) is 7.95. The lowest BCUT2D eigenvalue weighted by Gasteiger charge is -2.55. The molecule has 2 aliphatic heterocycles. The molecule has 2 atom stereocenters. The fraction of sp³-hybridized carbons (Fsp3) is 0.200. The zero-order valence-corrected chi connectivity index (χ0v) is 18.1. The van der Waals surface area contributed by atoms with Gasteiger partial charge in [-0.15, -0.1) is 0 Å². The normalized spacial score (nSPS) is 22.0. The van der Waals surface area contributed by atoms with Crippen molar-refractivity contribution < 1.29 is 19.4 Å². The predicted octanol–water partition coefficient (Wildman–Crippen LogP) is 3.34. The fourth-order valence-corrected chi connectivity index (χ4v) is 4.90. The Labute approximate surface area is 190 Å². The van der Waals surface area contributed by atoms with Crippen LogP contribution in [0.25, 0.3) is 0 Å². The number of hydrogen-bond acceptors (Lipinski definition) is 4. The van der Waals surface area contributed by atoms with Crippen LogP contribution in [-0.4, -0.2) is 41.6 Å². The highest BCUT2D eigenvalue weighted by Gasteiger charge is 2.64. The lowest BCUT2D eigenvalue weighted by molar-refractivity contribution is -0.181. The van der Waals surface area contributed by atoms with Crippen molar-refractivity contribution in [3.63, 3.8) is 0 Å². The van der Waals surface area contributed by atoms with Gasteiger partial charge in [0, 0.05) is 10.6 Å². The molecule has 0 aromatic heterocycles. The Hall–Kier alpha value is -3.35. The Balaban J connectivity index is 1.68. The largest absolute Gasteiger partial charge is 0.497 e. The SMILES string of the molecule is COc1ccc(CN2C(=O)CN3C(=O)[C@@H](O)[C@]3(c3ccccc3)c3cc(Cl)ccc32)cc1. The summed E-state index contributed by atoms with van der Waals surface area (Å²) in [5, 5.41) is 11.5. The number of halogens is 1. The summed E-state index contributed by atoms with van der Waals surface area (Å²) in [5.41, 5.74) is 1.71. The number of methoxy groups -OCH3 is 1. The molecule has 2 heterocycles. The number of carbonyl (C=O) groups is 2. The van der Waals surface area contributed by atoms with Crippen LogP contribution in [0.5, 0.6) is 5.75 Å². The summed E-state index contributed by atoms with van der Waals surface area (Å²) in [7, 11) is 1.60. The van der Waals surface area contributed by atoms with Gasteiger partial charge in [0.25, 0.3) is 5.91 Å². The van der Waals surface area contributed by atoms with E-state index >= 15 is 0 Å². The van der Waals surface area contributed by atoms with E-state index in [-0.39, 0.29) is 12.5 Å². The maximum absolute atomic E-state index is 13.4. The van der Waals surface area contributed by atoms with Crippen LogP contribution in [0.15, 0.2) is 72.8 Å². The highest BCUT2D eigenvalue weighted by atomic mass is 35.5. The fourth-order valence-electron chi connectivity index (χ4n) is 4.73. The first-order valence-corrected chi connectivity index (χ1v) is 10.6. The van der Waals surface area contributed by atoms with Crippen molar-refractivity contribution in [2.24, 2.45) is 0 Å². The van der Waals surface area contributed by atoms with Gasteiger partial charge in [0.15, 0.2) is 6.10 Å². The van der Waals surface area contributed by atoms with E-state index < -0.39 is 17.6 Å². The summed E-state index contributed by atoms with van der Waals surface area (Å²) >= 11 is 6.38. The van der Waals surface area contributed by atoms with Gasteiger partial charge in [0.2, 0.25) is 5.91 Å². The van der Waals surface area contributed by atoms with Gasteiger partial charge in [0.05, 0.1) is 19.3 Å². The Morgan fingerprint density at radius 1 is 1.06 bits per heavy atom. The van der Waals surface area contributed by atoms with E-state index in [1.54, 1.807) is 30.2 Å². The Morgan fingerprint density at radius 3 is 2.47 bits per heavy atom. The molecule has 0 saturated carbocycles. The highest BCUT2D eigenvalue weighted by Crippen LogP contribution is 2.52. The summed E-state index contributed by atoms with van der Waals surface area (Å²) in [4.78, 5) is 29.3. The zero-order chi connectivity index (χ0) is 22.5. The number of aliphatic hydroxyl groups is 1. The number of ether oxygens (including phenoxy) is 1. The minimum atomic E-state index is -1.31. The Kier molecular flexibility index (Phi) is 4.92. The Bertz CT molecular complexity index is 1200. The van der Waals surface area contributed by atoms with Crippen LogP contribution >= 0.6 is 11.6 Å². The molecule has 7 heteroatoms. The van der Waals surface area contributed by atoms with Crippen molar-refractivity contribution in [2.75, 3.05) is 18.6 Å². The second-order valence-corrected chi connectivity index (χ2v) is 8.39. The van der Waals surface area contributed by atoms with Crippen molar-refractivity contribution in [3.8, 4) is 5.75 Å². The molecule has 0 aliphatic carbocycles. The number of aliphatic hydroxyl groups excluding tert-OH is 1. The van der Waals surface area contributed by atoms with Gasteiger partial charge >= 0.3 is 0 Å². The van der Waals surface area contributed by atoms with E-state index in [1.807, 2.05) is 54.6 Å². The van der Waals surface area contributed by atoms with Gasteiger partial charge < -0.3 is 19.6 Å². The van der Waals surface area contributed by atoms with Crippen LogP contribution in [-0.2, 0) is 21.7 Å². The molecule has 1 fully saturated rings. The number of fused-ring (bicyclic) bond motifs is 3. The van der Waals surface area contributed by atoms with E-state index in [4.69, 9.17) is 16.3 Å². The molecule has 162 valence electrons. The van der Waals surface area contributed by atoms with E-state index in [0.717, 1.165) is 16.9 Å². The van der Waals surface area contributed by atoms with Crippen molar-refractivity contribution in [3.05, 3.63) is 94.5 Å². The molecule has 3 aromatic rings. The molecule has 3 aromatic carbocycles. The number of rotatable bonds is 4. The quantitative estimate of drug-likeness (QED) is 0.621. The summed E-state index contributed by atoms with van der Waals surface area (Å²) in [5.74, 6) is 0.0194. The molecule has 0 unspecified atom stereocenters. The first-order valence-electron chi connectivity index (χ1n) is 10.2. The molecule has 0 radical (unpaired) electrons. The van der Waals surface area contributed by atoms with Crippen molar-refractivity contribution in [1.29, 1.82) is 0 Å². The molecule has 2 aliphatic rings. The average Bonchev–Trinajstić information content (AvgIpc) is 2.91. The molecular weight excluding hydrogens is 428 g/mol.